The van der Waals surface area contributed by atoms with Crippen LogP contribution in [0.1, 0.15) is 22.3 Å². The number of para-hydroxylation sites is 10. The molecule has 6 nitrogen and oxygen atoms in total. The van der Waals surface area contributed by atoms with E-state index in [-0.39, 0.29) is 13.4 Å². The number of nitrogens with zero attached hydrogens (tertiary/aromatic N) is 6. The molecule has 8 heterocycles. The molecule has 0 unspecified atom stereocenters. The van der Waals surface area contributed by atoms with E-state index in [2.05, 4.69) is 368 Å². The highest BCUT2D eigenvalue weighted by Crippen LogP contribution is 2.65. The Labute approximate surface area is 604 Å². The zero-order chi connectivity index (χ0) is 67.8. The van der Waals surface area contributed by atoms with Crippen molar-refractivity contribution in [2.24, 2.45) is 0 Å². The van der Waals surface area contributed by atoms with Crippen LogP contribution in [0.5, 0.6) is 0 Å². The molecule has 4 aromatic heterocycles. The lowest BCUT2D eigenvalue weighted by Crippen LogP contribution is -2.60. The third-order valence-electron chi connectivity index (χ3n) is 25.1. The van der Waals surface area contributed by atoms with Crippen molar-refractivity contribution < 1.29 is 0 Å². The van der Waals surface area contributed by atoms with Crippen LogP contribution >= 0.6 is 0 Å². The maximum Gasteiger partial charge on any atom is 0.252 e. The first-order valence-corrected chi connectivity index (χ1v) is 36.8. The van der Waals surface area contributed by atoms with E-state index >= 15 is 0 Å². The van der Waals surface area contributed by atoms with Gasteiger partial charge in [0.05, 0.1) is 49.9 Å². The molecule has 0 saturated heterocycles. The monoisotopic (exact) mass is 1330 g/mol. The van der Waals surface area contributed by atoms with Crippen molar-refractivity contribution in [1.29, 1.82) is 0 Å². The van der Waals surface area contributed by atoms with E-state index in [1.807, 2.05) is 0 Å². The minimum Gasteiger partial charge on any atom is -0.311 e. The van der Waals surface area contributed by atoms with Crippen molar-refractivity contribution in [1.82, 2.24) is 18.3 Å². The molecule has 16 aromatic carbocycles. The quantitative estimate of drug-likeness (QED) is 0.164. The standard InChI is InChI=1S/C97H56B2N6/c1-3-25-57(26-4-1)100-87-55-75-71(53-79(87)98-77-41-23-37-69-67-35-13-21-47-85(67)104(95(69)77)91-51-59(49-89(100)93(91)98)102-81-43-17-9-31-63(81)64-32-10-18-44-82(64)102)61-29-7-15-39-73(61)97(75)74-40-16-8-30-62(74)72-54-80-88(56-76(72)97)101(58-27-5-2-6-28-58)90-50-60(103-83-45-19-11-33-65(83)66-34-12-20-46-84(66)103)52-92-94(90)99(80)78-42-24-38-70-68-36-14-22-48-86(68)105(92)96(70)78/h1-56H. The lowest BCUT2D eigenvalue weighted by atomic mass is 9.33. The second-order valence-electron chi connectivity index (χ2n) is 29.7. The molecule has 0 radical (unpaired) electrons. The smallest absolute Gasteiger partial charge is 0.252 e. The van der Waals surface area contributed by atoms with E-state index < -0.39 is 5.41 Å². The highest BCUT2D eigenvalue weighted by Gasteiger charge is 2.55. The second-order valence-corrected chi connectivity index (χ2v) is 29.7. The number of hydrogen-bond donors (Lipinski definition) is 0. The summed E-state index contributed by atoms with van der Waals surface area (Å²) in [6, 6.07) is 130. The van der Waals surface area contributed by atoms with Gasteiger partial charge < -0.3 is 28.1 Å². The van der Waals surface area contributed by atoms with E-state index in [0.717, 1.165) is 22.7 Å². The molecular formula is C97H56B2N6. The van der Waals surface area contributed by atoms with Crippen LogP contribution in [0.2, 0.25) is 0 Å². The van der Waals surface area contributed by atoms with E-state index in [1.54, 1.807) is 0 Å². The third kappa shape index (κ3) is 6.64. The number of benzene rings is 16. The molecular weight excluding hydrogens is 1270 g/mol. The molecule has 105 heavy (non-hydrogen) atoms. The van der Waals surface area contributed by atoms with Gasteiger partial charge in [-0.1, -0.05) is 243 Å². The summed E-state index contributed by atoms with van der Waals surface area (Å²) in [7, 11) is 0. The zero-order valence-corrected chi connectivity index (χ0v) is 56.7. The Hall–Kier alpha value is -13.6. The average Bonchev–Trinajstić information content (AvgIpc) is 1.54. The molecule has 0 saturated carbocycles. The number of hydrogen-bond acceptors (Lipinski definition) is 2. The SMILES string of the molecule is c1ccc(N2c3cc4c(cc3B3c5c2cc(-n2c6ccccc6c6ccccc62)cc5-n2c5ccccc5c5cccc3c52)-c2ccccc2C42c3ccccc3-c3cc4c(cc32)N(c2ccccc2)c2cc(-n3c5ccccc5c5ccccc53)cc3c2B4c2cccc4c5ccccc5n-3c24)cc1. The lowest BCUT2D eigenvalue weighted by molar-refractivity contribution is 0.794. The summed E-state index contributed by atoms with van der Waals surface area (Å²) in [4.78, 5) is 5.29. The van der Waals surface area contributed by atoms with Crippen molar-refractivity contribution in [3.63, 3.8) is 0 Å². The first-order chi connectivity index (χ1) is 52.2. The number of rotatable bonds is 4. The lowest BCUT2D eigenvalue weighted by Gasteiger charge is -2.42. The van der Waals surface area contributed by atoms with E-state index in [9.17, 15) is 0 Å². The summed E-state index contributed by atoms with van der Waals surface area (Å²) in [5.74, 6) is 0. The van der Waals surface area contributed by atoms with Gasteiger partial charge in [0.25, 0.3) is 13.4 Å². The Kier molecular flexibility index (Phi) is 10.3. The molecule has 1 spiro atoms. The van der Waals surface area contributed by atoms with Gasteiger partial charge in [0.15, 0.2) is 0 Å². The first-order valence-electron chi connectivity index (χ1n) is 36.8. The molecule has 0 bridgehead atoms. The largest absolute Gasteiger partial charge is 0.311 e. The van der Waals surface area contributed by atoms with Crippen molar-refractivity contribution in [2.45, 2.75) is 5.41 Å². The van der Waals surface area contributed by atoms with Gasteiger partial charge >= 0.3 is 0 Å². The van der Waals surface area contributed by atoms with Crippen molar-refractivity contribution in [3.05, 3.63) is 362 Å². The Morgan fingerprint density at radius 2 is 0.514 bits per heavy atom. The average molecular weight is 1330 g/mol. The van der Waals surface area contributed by atoms with E-state index in [1.165, 1.54) is 199 Å². The van der Waals surface area contributed by atoms with Gasteiger partial charge in [-0.15, -0.1) is 0 Å². The summed E-state index contributed by atoms with van der Waals surface area (Å²) in [5, 5.41) is 10.0. The van der Waals surface area contributed by atoms with Gasteiger partial charge in [-0.2, -0.15) is 0 Å². The fourth-order valence-electron chi connectivity index (χ4n) is 21.3. The fourth-order valence-corrected chi connectivity index (χ4v) is 21.3. The van der Waals surface area contributed by atoms with Crippen molar-refractivity contribution in [2.75, 3.05) is 9.80 Å². The van der Waals surface area contributed by atoms with Crippen LogP contribution in [0.3, 0.4) is 0 Å². The summed E-state index contributed by atoms with van der Waals surface area (Å²) in [5.41, 5.74) is 38.8. The molecule has 480 valence electrons. The van der Waals surface area contributed by atoms with Crippen LogP contribution < -0.4 is 42.6 Å². The van der Waals surface area contributed by atoms with Gasteiger partial charge in [0.1, 0.15) is 0 Å². The van der Waals surface area contributed by atoms with Gasteiger partial charge in [0, 0.05) is 99.6 Å². The molecule has 4 aliphatic heterocycles. The van der Waals surface area contributed by atoms with Crippen molar-refractivity contribution >= 4 is 168 Å². The number of fused-ring (bicyclic) bond motifs is 30. The molecule has 0 fully saturated rings. The van der Waals surface area contributed by atoms with E-state index in [0.29, 0.717) is 0 Å². The Balaban J connectivity index is 0.782. The first kappa shape index (κ1) is 55.2. The van der Waals surface area contributed by atoms with Crippen molar-refractivity contribution in [3.8, 4) is 45.0 Å². The van der Waals surface area contributed by atoms with Crippen LogP contribution in [-0.4, -0.2) is 31.7 Å². The molecule has 0 N–H and O–H groups in total. The van der Waals surface area contributed by atoms with Crippen LogP contribution in [0.4, 0.5) is 34.1 Å². The topological polar surface area (TPSA) is 26.2 Å². The molecule has 0 amide bonds. The fraction of sp³-hybridized carbons (Fsp3) is 0.0103. The summed E-state index contributed by atoms with van der Waals surface area (Å²) in [6.45, 7) is -0.227. The van der Waals surface area contributed by atoms with E-state index in [4.69, 9.17) is 0 Å². The Bertz CT molecular complexity index is 6850. The predicted molar refractivity (Wildman–Crippen MR) is 439 cm³/mol. The Morgan fingerprint density at radius 1 is 0.200 bits per heavy atom. The summed E-state index contributed by atoms with van der Waals surface area (Å²) < 4.78 is 10.3. The molecule has 8 heteroatoms. The predicted octanol–water partition coefficient (Wildman–Crippen LogP) is 19.6. The third-order valence-corrected chi connectivity index (χ3v) is 25.1. The van der Waals surface area contributed by atoms with Gasteiger partial charge in [0.2, 0.25) is 0 Å². The molecule has 26 rings (SSSR count). The molecule has 0 atom stereocenters. The van der Waals surface area contributed by atoms with Crippen LogP contribution in [0.25, 0.3) is 132 Å². The normalized spacial score (nSPS) is 14.1. The molecule has 20 aromatic rings. The molecule has 2 aliphatic carbocycles. The zero-order valence-electron chi connectivity index (χ0n) is 56.7. The highest BCUT2D eigenvalue weighted by molar-refractivity contribution is 7.01. The summed E-state index contributed by atoms with van der Waals surface area (Å²) in [6.07, 6.45) is 0. The van der Waals surface area contributed by atoms with Crippen LogP contribution in [0.15, 0.2) is 340 Å². The number of aromatic nitrogens is 4. The summed E-state index contributed by atoms with van der Waals surface area (Å²) >= 11 is 0. The van der Waals surface area contributed by atoms with Crippen LogP contribution in [-0.2, 0) is 5.41 Å². The Morgan fingerprint density at radius 3 is 0.905 bits per heavy atom. The minimum absolute atomic E-state index is 0.114. The second kappa shape index (κ2) is 19.5. The molecule has 6 aliphatic rings. The van der Waals surface area contributed by atoms with Gasteiger partial charge in [-0.3, -0.25) is 0 Å². The highest BCUT2D eigenvalue weighted by atomic mass is 15.2. The van der Waals surface area contributed by atoms with Gasteiger partial charge in [-0.25, -0.2) is 0 Å². The number of anilines is 6. The minimum atomic E-state index is -0.753. The van der Waals surface area contributed by atoms with Crippen LogP contribution in [0, 0.1) is 0 Å². The maximum atomic E-state index is 2.68. The maximum absolute atomic E-state index is 2.68. The van der Waals surface area contributed by atoms with Gasteiger partial charge in [-0.05, 0) is 174 Å².